The number of sulfonamides is 1. The standard InChI is InChI=1S/C12H19FN2O3S/c1-9(2)15-6-3-7-18-12-5-4-10(8-11(12)13)19(14,16)17/h4-5,8-9,15H,3,6-7H2,1-2H3,(H2,14,16,17). The van der Waals surface area contributed by atoms with E-state index in [1.54, 1.807) is 0 Å². The van der Waals surface area contributed by atoms with Gasteiger partial charge in [0.2, 0.25) is 10.0 Å². The average molecular weight is 290 g/mol. The van der Waals surface area contributed by atoms with Crippen molar-refractivity contribution in [3.05, 3.63) is 24.0 Å². The fourth-order valence-electron chi connectivity index (χ4n) is 1.42. The molecule has 5 nitrogen and oxygen atoms in total. The van der Waals surface area contributed by atoms with Gasteiger partial charge < -0.3 is 10.1 Å². The van der Waals surface area contributed by atoms with E-state index in [1.807, 2.05) is 13.8 Å². The predicted molar refractivity (Wildman–Crippen MR) is 71.0 cm³/mol. The van der Waals surface area contributed by atoms with Crippen LogP contribution in [0, 0.1) is 5.82 Å². The number of nitrogens with two attached hydrogens (primary N) is 1. The Kier molecular flexibility index (Phi) is 5.71. The van der Waals surface area contributed by atoms with Gasteiger partial charge >= 0.3 is 0 Å². The van der Waals surface area contributed by atoms with Gasteiger partial charge in [-0.25, -0.2) is 17.9 Å². The van der Waals surface area contributed by atoms with Gasteiger partial charge in [-0.05, 0) is 31.2 Å². The summed E-state index contributed by atoms with van der Waals surface area (Å²) in [7, 11) is -3.89. The number of hydrogen-bond acceptors (Lipinski definition) is 4. The molecule has 1 aromatic carbocycles. The molecule has 7 heteroatoms. The molecule has 0 saturated carbocycles. The lowest BCUT2D eigenvalue weighted by Gasteiger charge is -2.10. The van der Waals surface area contributed by atoms with E-state index < -0.39 is 15.8 Å². The Hall–Kier alpha value is -1.18. The van der Waals surface area contributed by atoms with Crippen LogP contribution >= 0.6 is 0 Å². The van der Waals surface area contributed by atoms with Crippen molar-refractivity contribution in [1.29, 1.82) is 0 Å². The number of rotatable bonds is 7. The number of ether oxygens (including phenoxy) is 1. The first-order chi connectivity index (χ1) is 8.80. The van der Waals surface area contributed by atoms with Crippen molar-refractivity contribution in [3.8, 4) is 5.75 Å². The Bertz CT molecular complexity index is 518. The zero-order valence-corrected chi connectivity index (χ0v) is 11.8. The van der Waals surface area contributed by atoms with Gasteiger partial charge in [-0.3, -0.25) is 0 Å². The summed E-state index contributed by atoms with van der Waals surface area (Å²) in [6.07, 6.45) is 0.731. The van der Waals surface area contributed by atoms with Crippen LogP contribution in [0.5, 0.6) is 5.75 Å². The van der Waals surface area contributed by atoms with Crippen LogP contribution in [0.4, 0.5) is 4.39 Å². The first-order valence-corrected chi connectivity index (χ1v) is 7.54. The maximum absolute atomic E-state index is 13.6. The molecule has 0 aliphatic rings. The van der Waals surface area contributed by atoms with Crippen molar-refractivity contribution in [2.45, 2.75) is 31.2 Å². The molecule has 1 aromatic rings. The number of halogens is 1. The zero-order chi connectivity index (χ0) is 14.5. The van der Waals surface area contributed by atoms with Crippen LogP contribution in [-0.4, -0.2) is 27.6 Å². The highest BCUT2D eigenvalue weighted by Crippen LogP contribution is 2.20. The van der Waals surface area contributed by atoms with Gasteiger partial charge in [-0.2, -0.15) is 0 Å². The Labute approximate surface area is 113 Å². The molecule has 0 unspecified atom stereocenters. The normalized spacial score (nSPS) is 11.8. The van der Waals surface area contributed by atoms with Crippen molar-refractivity contribution in [2.24, 2.45) is 5.14 Å². The largest absolute Gasteiger partial charge is 0.490 e. The van der Waals surface area contributed by atoms with Crippen LogP contribution in [0.25, 0.3) is 0 Å². The molecule has 0 amide bonds. The summed E-state index contributed by atoms with van der Waals surface area (Å²) in [4.78, 5) is -0.265. The fraction of sp³-hybridized carbons (Fsp3) is 0.500. The van der Waals surface area contributed by atoms with Gasteiger partial charge in [0.05, 0.1) is 11.5 Å². The summed E-state index contributed by atoms with van der Waals surface area (Å²) >= 11 is 0. The molecule has 0 heterocycles. The van der Waals surface area contributed by atoms with Crippen molar-refractivity contribution in [1.82, 2.24) is 5.32 Å². The second-order valence-electron chi connectivity index (χ2n) is 4.45. The fourth-order valence-corrected chi connectivity index (χ4v) is 1.95. The molecule has 1 rings (SSSR count). The minimum absolute atomic E-state index is 0.0250. The SMILES string of the molecule is CC(C)NCCCOc1ccc(S(N)(=O)=O)cc1F. The lowest BCUT2D eigenvalue weighted by atomic mass is 10.3. The Balaban J connectivity index is 2.52. The molecule has 0 aliphatic heterocycles. The van der Waals surface area contributed by atoms with Crippen molar-refractivity contribution < 1.29 is 17.5 Å². The summed E-state index contributed by atoms with van der Waals surface area (Å²) in [6, 6.07) is 3.74. The second kappa shape index (κ2) is 6.83. The summed E-state index contributed by atoms with van der Waals surface area (Å²) in [6.45, 7) is 5.19. The molecule has 0 spiro atoms. The van der Waals surface area contributed by atoms with E-state index in [0.29, 0.717) is 12.6 Å². The molecule has 0 radical (unpaired) electrons. The lowest BCUT2D eigenvalue weighted by molar-refractivity contribution is 0.291. The van der Waals surface area contributed by atoms with Crippen molar-refractivity contribution in [3.63, 3.8) is 0 Å². The monoisotopic (exact) mass is 290 g/mol. The van der Waals surface area contributed by atoms with E-state index in [0.717, 1.165) is 19.0 Å². The Morgan fingerprint density at radius 2 is 2.11 bits per heavy atom. The highest BCUT2D eigenvalue weighted by Gasteiger charge is 2.12. The predicted octanol–water partition coefficient (Wildman–Crippen LogP) is 1.24. The first kappa shape index (κ1) is 15.9. The van der Waals surface area contributed by atoms with E-state index in [1.165, 1.54) is 12.1 Å². The lowest BCUT2D eigenvalue weighted by Crippen LogP contribution is -2.24. The van der Waals surface area contributed by atoms with Gasteiger partial charge in [0.15, 0.2) is 11.6 Å². The molecule has 0 atom stereocenters. The van der Waals surface area contributed by atoms with Gasteiger partial charge in [0, 0.05) is 6.04 Å². The third kappa shape index (κ3) is 5.54. The molecule has 3 N–H and O–H groups in total. The zero-order valence-electron chi connectivity index (χ0n) is 11.0. The molecular weight excluding hydrogens is 271 g/mol. The molecule has 19 heavy (non-hydrogen) atoms. The van der Waals surface area contributed by atoms with Gasteiger partial charge in [-0.15, -0.1) is 0 Å². The summed E-state index contributed by atoms with van der Waals surface area (Å²) in [5.74, 6) is -0.708. The Morgan fingerprint density at radius 1 is 1.42 bits per heavy atom. The maximum atomic E-state index is 13.6. The van der Waals surface area contributed by atoms with E-state index in [4.69, 9.17) is 9.88 Å². The molecule has 0 aliphatic carbocycles. The second-order valence-corrected chi connectivity index (χ2v) is 6.01. The third-order valence-electron chi connectivity index (χ3n) is 2.36. The van der Waals surface area contributed by atoms with Crippen LogP contribution in [0.1, 0.15) is 20.3 Å². The third-order valence-corrected chi connectivity index (χ3v) is 3.27. The smallest absolute Gasteiger partial charge is 0.238 e. The molecule has 0 aromatic heterocycles. The number of primary sulfonamides is 1. The number of hydrogen-bond donors (Lipinski definition) is 2. The molecular formula is C12H19FN2O3S. The van der Waals surface area contributed by atoms with Crippen LogP contribution in [0.15, 0.2) is 23.1 Å². The summed E-state index contributed by atoms with van der Waals surface area (Å²) in [5, 5.41) is 8.11. The van der Waals surface area contributed by atoms with Gasteiger partial charge in [-0.1, -0.05) is 13.8 Å². The molecule has 0 bridgehead atoms. The van der Waals surface area contributed by atoms with E-state index in [-0.39, 0.29) is 10.6 Å². The maximum Gasteiger partial charge on any atom is 0.238 e. The quantitative estimate of drug-likeness (QED) is 0.740. The van der Waals surface area contributed by atoms with Gasteiger partial charge in [0.1, 0.15) is 0 Å². The summed E-state index contributed by atoms with van der Waals surface area (Å²) < 4.78 is 40.8. The van der Waals surface area contributed by atoms with Gasteiger partial charge in [0.25, 0.3) is 0 Å². The van der Waals surface area contributed by atoms with E-state index in [9.17, 15) is 12.8 Å². The summed E-state index contributed by atoms with van der Waals surface area (Å²) in [5.41, 5.74) is 0. The minimum atomic E-state index is -3.89. The highest BCUT2D eigenvalue weighted by atomic mass is 32.2. The molecule has 0 saturated heterocycles. The van der Waals surface area contributed by atoms with Crippen molar-refractivity contribution >= 4 is 10.0 Å². The van der Waals surface area contributed by atoms with Crippen LogP contribution in [-0.2, 0) is 10.0 Å². The van der Waals surface area contributed by atoms with E-state index in [2.05, 4.69) is 5.32 Å². The first-order valence-electron chi connectivity index (χ1n) is 5.99. The average Bonchev–Trinajstić information content (AvgIpc) is 2.28. The van der Waals surface area contributed by atoms with E-state index >= 15 is 0 Å². The Morgan fingerprint density at radius 3 is 2.63 bits per heavy atom. The number of benzene rings is 1. The number of nitrogens with one attached hydrogen (secondary N) is 1. The van der Waals surface area contributed by atoms with Crippen LogP contribution in [0.3, 0.4) is 0 Å². The van der Waals surface area contributed by atoms with Crippen LogP contribution < -0.4 is 15.2 Å². The van der Waals surface area contributed by atoms with Crippen molar-refractivity contribution in [2.75, 3.05) is 13.2 Å². The van der Waals surface area contributed by atoms with Crippen LogP contribution in [0.2, 0.25) is 0 Å². The topological polar surface area (TPSA) is 81.4 Å². The minimum Gasteiger partial charge on any atom is -0.490 e. The highest BCUT2D eigenvalue weighted by molar-refractivity contribution is 7.89. The molecule has 0 fully saturated rings. The molecule has 108 valence electrons.